The molecule has 3 nitrogen and oxygen atoms in total. The van der Waals surface area contributed by atoms with Crippen molar-refractivity contribution in [2.45, 2.75) is 39.8 Å². The zero-order valence-electron chi connectivity index (χ0n) is 12.6. The van der Waals surface area contributed by atoms with E-state index in [0.717, 1.165) is 24.5 Å². The molecule has 0 aromatic heterocycles. The fourth-order valence-corrected chi connectivity index (χ4v) is 1.64. The Morgan fingerprint density at radius 2 is 2.00 bits per heavy atom. The highest BCUT2D eigenvalue weighted by Gasteiger charge is 2.06. The first-order valence-electron chi connectivity index (χ1n) is 6.94. The highest BCUT2D eigenvalue weighted by Crippen LogP contribution is 2.28. The maximum atomic E-state index is 5.62. The van der Waals surface area contributed by atoms with E-state index < -0.39 is 0 Å². The van der Waals surface area contributed by atoms with E-state index in [4.69, 9.17) is 9.47 Å². The fourth-order valence-electron chi connectivity index (χ4n) is 1.64. The van der Waals surface area contributed by atoms with Gasteiger partial charge in [0.2, 0.25) is 0 Å². The molecule has 1 aromatic rings. The molecule has 1 aromatic carbocycles. The van der Waals surface area contributed by atoms with Crippen molar-refractivity contribution in [2.75, 3.05) is 13.2 Å². The number of benzene rings is 1. The lowest BCUT2D eigenvalue weighted by Gasteiger charge is -2.14. The van der Waals surface area contributed by atoms with Crippen molar-refractivity contribution in [3.05, 3.63) is 36.4 Å². The molecule has 0 amide bonds. The van der Waals surface area contributed by atoms with Crippen LogP contribution in [0.2, 0.25) is 0 Å². The van der Waals surface area contributed by atoms with Crippen molar-refractivity contribution in [3.8, 4) is 11.5 Å². The Bertz CT molecular complexity index is 396. The molecule has 0 radical (unpaired) electrons. The van der Waals surface area contributed by atoms with Crippen LogP contribution in [0.25, 0.3) is 0 Å². The van der Waals surface area contributed by atoms with E-state index >= 15 is 0 Å². The number of rotatable bonds is 9. The van der Waals surface area contributed by atoms with Crippen LogP contribution in [0.5, 0.6) is 11.5 Å². The van der Waals surface area contributed by atoms with E-state index in [1.807, 2.05) is 19.1 Å². The van der Waals surface area contributed by atoms with Gasteiger partial charge in [-0.1, -0.05) is 25.6 Å². The molecule has 0 aliphatic carbocycles. The van der Waals surface area contributed by atoms with Gasteiger partial charge < -0.3 is 14.8 Å². The topological polar surface area (TPSA) is 30.5 Å². The SMILES string of the molecule is C=CCOc1ccc(CNC(C)CC)cc1OCC.Cl. The van der Waals surface area contributed by atoms with Gasteiger partial charge in [0.15, 0.2) is 11.5 Å². The second-order valence-electron chi connectivity index (χ2n) is 4.50. The number of hydrogen-bond donors (Lipinski definition) is 1. The molecule has 0 aliphatic rings. The van der Waals surface area contributed by atoms with Gasteiger partial charge in [-0.3, -0.25) is 0 Å². The summed E-state index contributed by atoms with van der Waals surface area (Å²) in [6.45, 7) is 12.0. The van der Waals surface area contributed by atoms with Gasteiger partial charge in [0.25, 0.3) is 0 Å². The van der Waals surface area contributed by atoms with E-state index in [2.05, 4.69) is 31.8 Å². The van der Waals surface area contributed by atoms with Crippen LogP contribution in [-0.2, 0) is 6.54 Å². The quantitative estimate of drug-likeness (QED) is 0.700. The molecule has 0 saturated heterocycles. The molecule has 0 spiro atoms. The summed E-state index contributed by atoms with van der Waals surface area (Å²) >= 11 is 0. The first kappa shape index (κ1) is 18.8. The second-order valence-corrected chi connectivity index (χ2v) is 4.50. The summed E-state index contributed by atoms with van der Waals surface area (Å²) in [6, 6.07) is 6.59. The van der Waals surface area contributed by atoms with E-state index in [1.165, 1.54) is 5.56 Å². The Morgan fingerprint density at radius 3 is 2.60 bits per heavy atom. The molecule has 0 aliphatic heterocycles. The van der Waals surface area contributed by atoms with Crippen LogP contribution < -0.4 is 14.8 Å². The molecular formula is C16H26ClNO2. The first-order chi connectivity index (χ1) is 9.21. The third kappa shape index (κ3) is 6.31. The van der Waals surface area contributed by atoms with Crippen LogP contribution in [0.15, 0.2) is 30.9 Å². The molecule has 0 bridgehead atoms. The van der Waals surface area contributed by atoms with E-state index in [9.17, 15) is 0 Å². The molecule has 0 saturated carbocycles. The van der Waals surface area contributed by atoms with E-state index in [-0.39, 0.29) is 12.4 Å². The second kappa shape index (κ2) is 10.6. The molecule has 1 N–H and O–H groups in total. The van der Waals surface area contributed by atoms with Crippen molar-refractivity contribution in [1.29, 1.82) is 0 Å². The number of hydrogen-bond acceptors (Lipinski definition) is 3. The summed E-state index contributed by atoms with van der Waals surface area (Å²) in [4.78, 5) is 0. The monoisotopic (exact) mass is 299 g/mol. The summed E-state index contributed by atoms with van der Waals surface area (Å²) in [5, 5.41) is 3.47. The average Bonchev–Trinajstić information content (AvgIpc) is 2.44. The maximum Gasteiger partial charge on any atom is 0.161 e. The Morgan fingerprint density at radius 1 is 1.25 bits per heavy atom. The predicted octanol–water partition coefficient (Wildman–Crippen LogP) is 3.96. The van der Waals surface area contributed by atoms with Gasteiger partial charge in [-0.25, -0.2) is 0 Å². The molecule has 0 fully saturated rings. The third-order valence-electron chi connectivity index (χ3n) is 2.93. The summed E-state index contributed by atoms with van der Waals surface area (Å²) in [5.41, 5.74) is 1.20. The largest absolute Gasteiger partial charge is 0.490 e. The van der Waals surface area contributed by atoms with Gasteiger partial charge in [-0.15, -0.1) is 12.4 Å². The average molecular weight is 300 g/mol. The van der Waals surface area contributed by atoms with Gasteiger partial charge in [0, 0.05) is 12.6 Å². The van der Waals surface area contributed by atoms with Gasteiger partial charge in [-0.2, -0.15) is 0 Å². The highest BCUT2D eigenvalue weighted by molar-refractivity contribution is 5.85. The summed E-state index contributed by atoms with van der Waals surface area (Å²) < 4.78 is 11.2. The summed E-state index contributed by atoms with van der Waals surface area (Å²) in [5.74, 6) is 1.57. The van der Waals surface area contributed by atoms with Crippen molar-refractivity contribution < 1.29 is 9.47 Å². The Balaban J connectivity index is 0.00000361. The number of ether oxygens (including phenoxy) is 2. The van der Waals surface area contributed by atoms with Crippen LogP contribution in [0.3, 0.4) is 0 Å². The first-order valence-corrected chi connectivity index (χ1v) is 6.94. The predicted molar refractivity (Wildman–Crippen MR) is 87.1 cm³/mol. The minimum Gasteiger partial charge on any atom is -0.490 e. The van der Waals surface area contributed by atoms with Crippen LogP contribution >= 0.6 is 12.4 Å². The van der Waals surface area contributed by atoms with Crippen LogP contribution in [-0.4, -0.2) is 19.3 Å². The Hall–Kier alpha value is -1.19. The molecule has 1 unspecified atom stereocenters. The minimum atomic E-state index is 0. The minimum absolute atomic E-state index is 0. The van der Waals surface area contributed by atoms with E-state index in [0.29, 0.717) is 19.3 Å². The molecular weight excluding hydrogens is 274 g/mol. The lowest BCUT2D eigenvalue weighted by Crippen LogP contribution is -2.24. The van der Waals surface area contributed by atoms with Crippen molar-refractivity contribution >= 4 is 12.4 Å². The third-order valence-corrected chi connectivity index (χ3v) is 2.93. The fraction of sp³-hybridized carbons (Fsp3) is 0.500. The highest BCUT2D eigenvalue weighted by atomic mass is 35.5. The molecule has 1 atom stereocenters. The zero-order chi connectivity index (χ0) is 14.1. The Kier molecular flexibility index (Phi) is 9.95. The van der Waals surface area contributed by atoms with Crippen molar-refractivity contribution in [2.24, 2.45) is 0 Å². The lowest BCUT2D eigenvalue weighted by atomic mass is 10.1. The molecule has 114 valence electrons. The number of halogens is 1. The van der Waals surface area contributed by atoms with Crippen LogP contribution in [0.4, 0.5) is 0 Å². The lowest BCUT2D eigenvalue weighted by molar-refractivity contribution is 0.296. The van der Waals surface area contributed by atoms with Gasteiger partial charge in [0.05, 0.1) is 6.61 Å². The molecule has 0 heterocycles. The molecule has 20 heavy (non-hydrogen) atoms. The van der Waals surface area contributed by atoms with Gasteiger partial charge in [0.1, 0.15) is 6.61 Å². The standard InChI is InChI=1S/C16H25NO2.ClH/c1-5-10-19-15-9-8-14(11-16(15)18-7-3)12-17-13(4)6-2;/h5,8-9,11,13,17H,1,6-7,10,12H2,2-4H3;1H. The Labute approximate surface area is 128 Å². The normalized spacial score (nSPS) is 11.3. The molecule has 1 rings (SSSR count). The van der Waals surface area contributed by atoms with Gasteiger partial charge in [-0.05, 0) is 38.0 Å². The summed E-state index contributed by atoms with van der Waals surface area (Å²) in [7, 11) is 0. The molecule has 4 heteroatoms. The smallest absolute Gasteiger partial charge is 0.161 e. The van der Waals surface area contributed by atoms with Crippen molar-refractivity contribution in [3.63, 3.8) is 0 Å². The van der Waals surface area contributed by atoms with Crippen molar-refractivity contribution in [1.82, 2.24) is 5.32 Å². The zero-order valence-corrected chi connectivity index (χ0v) is 13.5. The van der Waals surface area contributed by atoms with Gasteiger partial charge >= 0.3 is 0 Å². The van der Waals surface area contributed by atoms with Crippen LogP contribution in [0, 0.1) is 0 Å². The number of nitrogens with one attached hydrogen (secondary N) is 1. The van der Waals surface area contributed by atoms with Crippen LogP contribution in [0.1, 0.15) is 32.8 Å². The summed E-state index contributed by atoms with van der Waals surface area (Å²) in [6.07, 6.45) is 2.85. The maximum absolute atomic E-state index is 5.62. The van der Waals surface area contributed by atoms with E-state index in [1.54, 1.807) is 6.08 Å².